The Hall–Kier alpha value is -2.66. The Morgan fingerprint density at radius 3 is 2.48 bits per heavy atom. The summed E-state index contributed by atoms with van der Waals surface area (Å²) in [7, 11) is 0. The van der Waals surface area contributed by atoms with Crippen LogP contribution in [0.5, 0.6) is 0 Å². The van der Waals surface area contributed by atoms with Gasteiger partial charge in [-0.15, -0.1) is 29.1 Å². The molecular weight excluding hydrogens is 533 g/mol. The number of benzene rings is 2. The van der Waals surface area contributed by atoms with E-state index in [-0.39, 0.29) is 20.1 Å². The third-order valence-electron chi connectivity index (χ3n) is 3.76. The Kier molecular flexibility index (Phi) is 6.60. The van der Waals surface area contributed by atoms with Crippen molar-refractivity contribution in [3.63, 3.8) is 0 Å². The average Bonchev–Trinajstić information content (AvgIpc) is 3.43. The monoisotopic (exact) mass is 547 g/mol. The molecule has 6 heteroatoms. The van der Waals surface area contributed by atoms with Crippen LogP contribution < -0.4 is 5.10 Å². The number of fused-ring (bicyclic) bond motifs is 1. The molecule has 3 aromatic heterocycles. The average molecular weight is 547 g/mol. The smallest absolute Gasteiger partial charge is 0.0493 e. The van der Waals surface area contributed by atoms with Crippen molar-refractivity contribution in [2.75, 3.05) is 0 Å². The molecule has 0 atom stereocenters. The van der Waals surface area contributed by atoms with E-state index in [9.17, 15) is 0 Å². The molecule has 0 bridgehead atoms. The van der Waals surface area contributed by atoms with E-state index in [0.29, 0.717) is 0 Å². The van der Waals surface area contributed by atoms with Crippen molar-refractivity contribution in [1.82, 2.24) is 20.2 Å². The van der Waals surface area contributed by atoms with Crippen LogP contribution in [0.25, 0.3) is 32.7 Å². The van der Waals surface area contributed by atoms with Gasteiger partial charge in [-0.25, -0.2) is 0 Å². The first-order valence-corrected chi connectivity index (χ1v) is 8.95. The van der Waals surface area contributed by atoms with Crippen molar-refractivity contribution >= 4 is 22.1 Å². The summed E-state index contributed by atoms with van der Waals surface area (Å²) in [6.07, 6.45) is 5.23. The van der Waals surface area contributed by atoms with Crippen LogP contribution in [0.4, 0.5) is 0 Å². The van der Waals surface area contributed by atoms with Gasteiger partial charge in [-0.3, -0.25) is 9.97 Å². The molecule has 3 heterocycles. The molecule has 5 aromatic rings. The van der Waals surface area contributed by atoms with Gasteiger partial charge in [0.2, 0.25) is 0 Å². The van der Waals surface area contributed by atoms with E-state index in [2.05, 4.69) is 44.4 Å². The number of hydrogen-bond donors (Lipinski definition) is 0. The second-order valence-electron chi connectivity index (χ2n) is 5.41. The third kappa shape index (κ3) is 4.55. The molecule has 4 nitrogen and oxygen atoms in total. The van der Waals surface area contributed by atoms with E-state index in [1.807, 2.05) is 54.0 Å². The number of pyridine rings is 1. The molecule has 0 saturated heterocycles. The summed E-state index contributed by atoms with van der Waals surface area (Å²) < 4.78 is 0. The Bertz CT molecular complexity index is 1070. The van der Waals surface area contributed by atoms with Crippen LogP contribution >= 0.6 is 11.3 Å². The normalized spacial score (nSPS) is 9.93. The van der Waals surface area contributed by atoms with Crippen LogP contribution in [-0.4, -0.2) is 15.1 Å². The topological polar surface area (TPSA) is 52.8 Å². The molecule has 2 aromatic carbocycles. The second kappa shape index (κ2) is 9.33. The van der Waals surface area contributed by atoms with Gasteiger partial charge in [0.15, 0.2) is 0 Å². The molecule has 0 aliphatic carbocycles. The summed E-state index contributed by atoms with van der Waals surface area (Å²) in [5.41, 5.74) is 2.79. The maximum atomic E-state index is 4.32. The van der Waals surface area contributed by atoms with Crippen molar-refractivity contribution in [3.8, 4) is 22.0 Å². The SMILES string of the molecule is [Ir].[c-]1ccc2ccccc2c1-c1nccs1.c1ccc(-c2ccn[n-]2)nc1. The molecule has 0 aliphatic rings. The first kappa shape index (κ1) is 19.1. The molecule has 0 saturated carbocycles. The van der Waals surface area contributed by atoms with Crippen molar-refractivity contribution in [1.29, 1.82) is 0 Å². The van der Waals surface area contributed by atoms with Gasteiger partial charge in [-0.1, -0.05) is 47.5 Å². The van der Waals surface area contributed by atoms with Gasteiger partial charge in [-0.2, -0.15) is 11.3 Å². The third-order valence-corrected chi connectivity index (χ3v) is 4.55. The Labute approximate surface area is 174 Å². The predicted molar refractivity (Wildman–Crippen MR) is 105 cm³/mol. The van der Waals surface area contributed by atoms with Gasteiger partial charge in [0.1, 0.15) is 0 Å². The number of thiazole rings is 1. The first-order valence-electron chi connectivity index (χ1n) is 8.07. The zero-order valence-corrected chi connectivity index (χ0v) is 17.3. The molecule has 0 fully saturated rings. The van der Waals surface area contributed by atoms with E-state index in [1.54, 1.807) is 23.7 Å². The zero-order chi connectivity index (χ0) is 17.6. The zero-order valence-electron chi connectivity index (χ0n) is 14.1. The maximum absolute atomic E-state index is 4.32. The van der Waals surface area contributed by atoms with Crippen LogP contribution in [0.15, 0.2) is 84.6 Å². The maximum Gasteiger partial charge on any atom is 0.0493 e. The quantitative estimate of drug-likeness (QED) is 0.297. The van der Waals surface area contributed by atoms with Crippen LogP contribution in [0.1, 0.15) is 0 Å². The number of rotatable bonds is 2. The molecule has 0 spiro atoms. The van der Waals surface area contributed by atoms with Crippen molar-refractivity contribution in [2.45, 2.75) is 0 Å². The summed E-state index contributed by atoms with van der Waals surface area (Å²) in [6.45, 7) is 0. The van der Waals surface area contributed by atoms with Crippen molar-refractivity contribution in [2.24, 2.45) is 0 Å². The summed E-state index contributed by atoms with van der Waals surface area (Å²) >= 11 is 1.65. The van der Waals surface area contributed by atoms with Crippen molar-refractivity contribution < 1.29 is 20.1 Å². The Morgan fingerprint density at radius 1 is 0.852 bits per heavy atom. The van der Waals surface area contributed by atoms with Gasteiger partial charge in [0, 0.05) is 54.8 Å². The van der Waals surface area contributed by atoms with Crippen LogP contribution in [0.2, 0.25) is 0 Å². The summed E-state index contributed by atoms with van der Waals surface area (Å²) in [5.74, 6) is 0. The van der Waals surface area contributed by atoms with Crippen molar-refractivity contribution in [3.05, 3.63) is 90.7 Å². The summed E-state index contributed by atoms with van der Waals surface area (Å²) in [6, 6.07) is 23.2. The van der Waals surface area contributed by atoms with Gasteiger partial charge in [-0.05, 0) is 12.1 Å². The molecular formula is C21H14IrN4S-2. The number of nitrogens with zero attached hydrogens (tertiary/aromatic N) is 4. The predicted octanol–water partition coefficient (Wildman–Crippen LogP) is 4.86. The molecule has 27 heavy (non-hydrogen) atoms. The standard InChI is InChI=1S/C13H8NS.C8H6N3.Ir/c1-2-6-11-10(4-1)5-3-7-12(11)13-14-8-9-15-13;1-2-5-9-7(3-1)8-4-6-10-11-8;/h1-6,8-9H;1-6H;/q2*-1;. The molecule has 5 rings (SSSR count). The molecule has 0 amide bonds. The van der Waals surface area contributed by atoms with E-state index < -0.39 is 0 Å². The fraction of sp³-hybridized carbons (Fsp3) is 0. The molecule has 0 unspecified atom stereocenters. The van der Waals surface area contributed by atoms with Gasteiger partial charge in [0.25, 0.3) is 0 Å². The minimum atomic E-state index is 0. The Morgan fingerprint density at radius 2 is 1.74 bits per heavy atom. The Balaban J connectivity index is 0.000000157. The first-order chi connectivity index (χ1) is 12.9. The number of aromatic nitrogens is 4. The van der Waals surface area contributed by atoms with Crippen LogP contribution in [0, 0.1) is 6.07 Å². The minimum absolute atomic E-state index is 0. The van der Waals surface area contributed by atoms with Crippen LogP contribution in [-0.2, 0) is 20.1 Å². The molecule has 135 valence electrons. The summed E-state index contributed by atoms with van der Waals surface area (Å²) in [4.78, 5) is 8.44. The molecule has 1 radical (unpaired) electrons. The molecule has 0 N–H and O–H groups in total. The van der Waals surface area contributed by atoms with E-state index >= 15 is 0 Å². The van der Waals surface area contributed by atoms with Gasteiger partial charge >= 0.3 is 0 Å². The second-order valence-corrected chi connectivity index (χ2v) is 6.30. The summed E-state index contributed by atoms with van der Waals surface area (Å²) in [5, 5.41) is 13.1. The fourth-order valence-corrected chi connectivity index (χ4v) is 3.23. The molecule has 0 aliphatic heterocycles. The van der Waals surface area contributed by atoms with E-state index in [0.717, 1.165) is 22.0 Å². The fourth-order valence-electron chi connectivity index (χ4n) is 2.57. The van der Waals surface area contributed by atoms with Crippen LogP contribution in [0.3, 0.4) is 0 Å². The minimum Gasteiger partial charge on any atom is -0.574 e. The van der Waals surface area contributed by atoms with Gasteiger partial charge < -0.3 is 10.2 Å². The van der Waals surface area contributed by atoms with E-state index in [4.69, 9.17) is 0 Å². The largest absolute Gasteiger partial charge is 0.574 e. The number of hydrogen-bond acceptors (Lipinski definition) is 4. The van der Waals surface area contributed by atoms with Gasteiger partial charge in [0.05, 0.1) is 0 Å². The van der Waals surface area contributed by atoms with E-state index in [1.165, 1.54) is 10.8 Å².